The van der Waals surface area contributed by atoms with Gasteiger partial charge in [0.25, 0.3) is 0 Å². The van der Waals surface area contributed by atoms with Crippen molar-refractivity contribution in [2.75, 3.05) is 19.8 Å². The second kappa shape index (κ2) is 7.87. The lowest BCUT2D eigenvalue weighted by Gasteiger charge is -2.38. The van der Waals surface area contributed by atoms with Crippen LogP contribution in [-0.4, -0.2) is 53.0 Å². The Labute approximate surface area is 164 Å². The van der Waals surface area contributed by atoms with Gasteiger partial charge in [-0.2, -0.15) is 0 Å². The molecule has 3 heterocycles. The Morgan fingerprint density at radius 2 is 2.22 bits per heavy atom. The number of carbonyl (C=O) groups excluding carboxylic acids is 2. The molecule has 1 aromatic heterocycles. The van der Waals surface area contributed by atoms with Gasteiger partial charge in [0.1, 0.15) is 5.54 Å². The largest absolute Gasteiger partial charge is 0.381 e. The molecule has 6 nitrogen and oxygen atoms in total. The van der Waals surface area contributed by atoms with Crippen LogP contribution < -0.4 is 5.32 Å². The molecular weight excluding hydrogens is 362 g/mol. The van der Waals surface area contributed by atoms with Crippen molar-refractivity contribution in [3.63, 3.8) is 0 Å². The lowest BCUT2D eigenvalue weighted by Crippen LogP contribution is -2.60. The Hall–Kier alpha value is -1.47. The van der Waals surface area contributed by atoms with Gasteiger partial charge in [-0.1, -0.05) is 13.3 Å². The Bertz CT molecular complexity index is 700. The summed E-state index contributed by atoms with van der Waals surface area (Å²) in [7, 11) is 0. The fourth-order valence-corrected chi connectivity index (χ4v) is 5.83. The first-order valence-corrected chi connectivity index (χ1v) is 11.1. The molecular formula is C20H29N3O3S. The van der Waals surface area contributed by atoms with E-state index in [2.05, 4.69) is 22.6 Å². The van der Waals surface area contributed by atoms with Crippen LogP contribution in [0.3, 0.4) is 0 Å². The monoisotopic (exact) mass is 391 g/mol. The maximum absolute atomic E-state index is 13.4. The molecule has 2 amide bonds. The van der Waals surface area contributed by atoms with Gasteiger partial charge in [0, 0.05) is 44.0 Å². The van der Waals surface area contributed by atoms with Crippen molar-refractivity contribution in [1.29, 1.82) is 0 Å². The van der Waals surface area contributed by atoms with Crippen LogP contribution in [0.1, 0.15) is 56.2 Å². The third kappa shape index (κ3) is 3.51. The van der Waals surface area contributed by atoms with Crippen LogP contribution in [0.25, 0.3) is 0 Å². The minimum absolute atomic E-state index is 0.0659. The van der Waals surface area contributed by atoms with Crippen LogP contribution in [0.5, 0.6) is 0 Å². The molecule has 1 aromatic rings. The lowest BCUT2D eigenvalue weighted by molar-refractivity contribution is -0.142. The molecule has 148 valence electrons. The number of thiazole rings is 1. The van der Waals surface area contributed by atoms with E-state index in [1.165, 1.54) is 0 Å². The lowest BCUT2D eigenvalue weighted by atomic mass is 9.86. The van der Waals surface area contributed by atoms with Gasteiger partial charge in [0.05, 0.1) is 10.7 Å². The van der Waals surface area contributed by atoms with E-state index in [4.69, 9.17) is 4.74 Å². The molecule has 0 spiro atoms. The maximum Gasteiger partial charge on any atom is 0.246 e. The zero-order valence-corrected chi connectivity index (χ0v) is 16.9. The summed E-state index contributed by atoms with van der Waals surface area (Å²) in [6.45, 7) is 4.09. The van der Waals surface area contributed by atoms with Crippen LogP contribution in [0.2, 0.25) is 0 Å². The molecule has 0 aromatic carbocycles. The summed E-state index contributed by atoms with van der Waals surface area (Å²) in [6.07, 6.45) is 6.68. The Balaban J connectivity index is 1.49. The highest BCUT2D eigenvalue weighted by molar-refractivity contribution is 7.09. The quantitative estimate of drug-likeness (QED) is 0.808. The van der Waals surface area contributed by atoms with Crippen LogP contribution in [-0.2, 0) is 27.2 Å². The van der Waals surface area contributed by atoms with E-state index < -0.39 is 5.54 Å². The third-order valence-electron chi connectivity index (χ3n) is 6.45. The molecule has 3 aliphatic rings. The second-order valence-electron chi connectivity index (χ2n) is 7.96. The molecule has 2 unspecified atom stereocenters. The van der Waals surface area contributed by atoms with Crippen molar-refractivity contribution in [3.8, 4) is 0 Å². The molecule has 1 N–H and O–H groups in total. The highest BCUT2D eigenvalue weighted by Crippen LogP contribution is 2.48. The van der Waals surface area contributed by atoms with Crippen LogP contribution in [0.4, 0.5) is 0 Å². The van der Waals surface area contributed by atoms with Crippen molar-refractivity contribution >= 4 is 23.2 Å². The highest BCUT2D eigenvalue weighted by Gasteiger charge is 2.59. The van der Waals surface area contributed by atoms with Gasteiger partial charge in [-0.25, -0.2) is 4.98 Å². The number of nitrogens with zero attached hydrogens (tertiary/aromatic N) is 2. The molecule has 2 saturated heterocycles. The van der Waals surface area contributed by atoms with Gasteiger partial charge in [-0.15, -0.1) is 11.3 Å². The molecule has 4 rings (SSSR count). The van der Waals surface area contributed by atoms with Gasteiger partial charge < -0.3 is 15.0 Å². The molecule has 3 fully saturated rings. The number of rotatable bonds is 6. The van der Waals surface area contributed by atoms with Crippen molar-refractivity contribution < 1.29 is 14.3 Å². The maximum atomic E-state index is 13.4. The highest BCUT2D eigenvalue weighted by atomic mass is 32.1. The summed E-state index contributed by atoms with van der Waals surface area (Å²) in [6, 6.07) is 0.172. The first kappa shape index (κ1) is 18.9. The third-order valence-corrected chi connectivity index (χ3v) is 7.41. The SMILES string of the molecule is CCc1csc(CCN2C(=O)CC3CCCC32C(=O)NC2CCOCC2)n1. The summed E-state index contributed by atoms with van der Waals surface area (Å²) in [4.78, 5) is 32.7. The fourth-order valence-electron chi connectivity index (χ4n) is 4.96. The van der Waals surface area contributed by atoms with E-state index in [9.17, 15) is 9.59 Å². The summed E-state index contributed by atoms with van der Waals surface area (Å²) in [5.74, 6) is 0.359. The van der Waals surface area contributed by atoms with Gasteiger partial charge in [0.15, 0.2) is 0 Å². The van der Waals surface area contributed by atoms with E-state index in [-0.39, 0.29) is 23.8 Å². The average molecular weight is 392 g/mol. The van der Waals surface area contributed by atoms with Gasteiger partial charge in [-0.05, 0) is 38.0 Å². The summed E-state index contributed by atoms with van der Waals surface area (Å²) in [5.41, 5.74) is 0.466. The number of likely N-dealkylation sites (tertiary alicyclic amines) is 1. The van der Waals surface area contributed by atoms with E-state index in [1.807, 2.05) is 4.90 Å². The number of aryl methyl sites for hydroxylation is 1. The summed E-state index contributed by atoms with van der Waals surface area (Å²) >= 11 is 1.66. The molecule has 7 heteroatoms. The molecule has 0 radical (unpaired) electrons. The predicted molar refractivity (Wildman–Crippen MR) is 104 cm³/mol. The second-order valence-corrected chi connectivity index (χ2v) is 8.90. The first-order chi connectivity index (χ1) is 13.1. The topological polar surface area (TPSA) is 71.5 Å². The molecule has 1 aliphatic carbocycles. The minimum atomic E-state index is -0.639. The number of hydrogen-bond donors (Lipinski definition) is 1. The van der Waals surface area contributed by atoms with Crippen molar-refractivity contribution in [1.82, 2.24) is 15.2 Å². The Morgan fingerprint density at radius 1 is 1.41 bits per heavy atom. The number of nitrogens with one attached hydrogen (secondary N) is 1. The van der Waals surface area contributed by atoms with Crippen molar-refractivity contribution in [2.24, 2.45) is 5.92 Å². The normalized spacial score (nSPS) is 28.6. The number of aromatic nitrogens is 1. The molecule has 27 heavy (non-hydrogen) atoms. The van der Waals surface area contributed by atoms with E-state index >= 15 is 0 Å². The number of hydrogen-bond acceptors (Lipinski definition) is 5. The molecule has 0 bridgehead atoms. The van der Waals surface area contributed by atoms with Crippen LogP contribution in [0, 0.1) is 5.92 Å². The number of ether oxygens (including phenoxy) is 1. The van der Waals surface area contributed by atoms with Crippen molar-refractivity contribution in [3.05, 3.63) is 16.1 Å². The standard InChI is InChI=1S/C20H29N3O3S/c1-2-15-13-27-17(21-15)5-9-23-18(24)12-14-4-3-8-20(14,23)19(25)22-16-6-10-26-11-7-16/h13-14,16H,2-12H2,1H3,(H,22,25). The van der Waals surface area contributed by atoms with Crippen LogP contribution in [0.15, 0.2) is 5.38 Å². The van der Waals surface area contributed by atoms with E-state index in [0.29, 0.717) is 26.2 Å². The fraction of sp³-hybridized carbons (Fsp3) is 0.750. The number of carbonyl (C=O) groups is 2. The first-order valence-electron chi connectivity index (χ1n) is 10.3. The van der Waals surface area contributed by atoms with Gasteiger partial charge in [-0.3, -0.25) is 9.59 Å². The van der Waals surface area contributed by atoms with Crippen LogP contribution >= 0.6 is 11.3 Å². The number of fused-ring (bicyclic) bond motifs is 1. The number of amides is 2. The van der Waals surface area contributed by atoms with E-state index in [0.717, 1.165) is 55.6 Å². The predicted octanol–water partition coefficient (Wildman–Crippen LogP) is 2.31. The Morgan fingerprint density at radius 3 is 2.96 bits per heavy atom. The molecule has 2 aliphatic heterocycles. The zero-order valence-electron chi connectivity index (χ0n) is 16.0. The Kier molecular flexibility index (Phi) is 5.50. The summed E-state index contributed by atoms with van der Waals surface area (Å²) < 4.78 is 5.41. The summed E-state index contributed by atoms with van der Waals surface area (Å²) in [5, 5.41) is 6.41. The molecule has 1 saturated carbocycles. The van der Waals surface area contributed by atoms with Gasteiger partial charge >= 0.3 is 0 Å². The smallest absolute Gasteiger partial charge is 0.246 e. The molecule has 2 atom stereocenters. The zero-order chi connectivity index (χ0) is 18.9. The average Bonchev–Trinajstić information content (AvgIpc) is 3.35. The minimum Gasteiger partial charge on any atom is -0.381 e. The van der Waals surface area contributed by atoms with Gasteiger partial charge in [0.2, 0.25) is 11.8 Å². The van der Waals surface area contributed by atoms with Crippen molar-refractivity contribution in [2.45, 2.75) is 69.9 Å². The van der Waals surface area contributed by atoms with E-state index in [1.54, 1.807) is 11.3 Å².